The van der Waals surface area contributed by atoms with Gasteiger partial charge in [-0.15, -0.1) is 0 Å². The van der Waals surface area contributed by atoms with E-state index in [1.165, 1.54) is 37.2 Å². The molecular weight excluding hydrogens is 194 g/mol. The third-order valence-electron chi connectivity index (χ3n) is 3.45. The topological polar surface area (TPSA) is 21.3 Å². The lowest BCUT2D eigenvalue weighted by molar-refractivity contribution is 0.0979. The molecule has 2 fully saturated rings. The van der Waals surface area contributed by atoms with Gasteiger partial charge in [-0.25, -0.2) is 0 Å². The van der Waals surface area contributed by atoms with E-state index in [0.717, 1.165) is 18.6 Å². The molecule has 0 spiro atoms. The van der Waals surface area contributed by atoms with Crippen molar-refractivity contribution in [1.82, 2.24) is 5.32 Å². The Morgan fingerprint density at radius 1 is 1.36 bits per heavy atom. The lowest BCUT2D eigenvalue weighted by Crippen LogP contribution is -2.32. The van der Waals surface area contributed by atoms with Crippen LogP contribution in [0.15, 0.2) is 0 Å². The van der Waals surface area contributed by atoms with Gasteiger partial charge in [0.2, 0.25) is 0 Å². The molecule has 2 saturated heterocycles. The van der Waals surface area contributed by atoms with Gasteiger partial charge in [0.1, 0.15) is 0 Å². The van der Waals surface area contributed by atoms with Crippen LogP contribution in [0.5, 0.6) is 0 Å². The number of nitrogens with one attached hydrogen (secondary N) is 1. The van der Waals surface area contributed by atoms with Crippen LogP contribution in [0.25, 0.3) is 0 Å². The molecule has 14 heavy (non-hydrogen) atoms. The summed E-state index contributed by atoms with van der Waals surface area (Å²) < 4.78 is 5.65. The van der Waals surface area contributed by atoms with Crippen molar-refractivity contribution in [3.05, 3.63) is 0 Å². The van der Waals surface area contributed by atoms with Gasteiger partial charge in [0.25, 0.3) is 0 Å². The average Bonchev–Trinajstić information content (AvgIpc) is 2.85. The molecule has 0 aromatic carbocycles. The summed E-state index contributed by atoms with van der Waals surface area (Å²) in [6, 6.07) is 0.751. The molecule has 0 amide bonds. The Labute approximate surface area is 91.2 Å². The minimum absolute atomic E-state index is 0.582. The zero-order chi connectivity index (χ0) is 9.80. The molecule has 0 aromatic heterocycles. The Balaban J connectivity index is 1.68. The van der Waals surface area contributed by atoms with E-state index >= 15 is 0 Å². The van der Waals surface area contributed by atoms with Gasteiger partial charge < -0.3 is 10.1 Å². The fraction of sp³-hybridized carbons (Fsp3) is 1.00. The van der Waals surface area contributed by atoms with Gasteiger partial charge in [0.05, 0.1) is 6.10 Å². The minimum Gasteiger partial charge on any atom is -0.378 e. The lowest BCUT2D eigenvalue weighted by Gasteiger charge is -2.19. The van der Waals surface area contributed by atoms with Crippen LogP contribution in [0.3, 0.4) is 0 Å². The van der Waals surface area contributed by atoms with Crippen LogP contribution in [0.1, 0.15) is 25.7 Å². The SMILES string of the molecule is CNC1CSCC1CCC1CCCO1. The van der Waals surface area contributed by atoms with Crippen LogP contribution < -0.4 is 5.32 Å². The van der Waals surface area contributed by atoms with E-state index < -0.39 is 0 Å². The molecule has 2 nitrogen and oxygen atoms in total. The molecule has 0 bridgehead atoms. The standard InChI is InChI=1S/C11H21NOS/c1-12-11-8-14-7-9(11)4-5-10-3-2-6-13-10/h9-12H,2-8H2,1H3. The maximum atomic E-state index is 5.65. The molecule has 1 N–H and O–H groups in total. The fourth-order valence-corrected chi connectivity index (χ4v) is 4.00. The first kappa shape index (κ1) is 10.8. The summed E-state index contributed by atoms with van der Waals surface area (Å²) in [5, 5.41) is 3.43. The number of rotatable bonds is 4. The Kier molecular flexibility index (Phi) is 4.14. The summed E-state index contributed by atoms with van der Waals surface area (Å²) in [6.45, 7) is 1.000. The van der Waals surface area contributed by atoms with Gasteiger partial charge in [-0.1, -0.05) is 0 Å². The molecule has 0 aliphatic carbocycles. The number of thioether (sulfide) groups is 1. The van der Waals surface area contributed by atoms with E-state index in [4.69, 9.17) is 4.74 Å². The van der Waals surface area contributed by atoms with Crippen molar-refractivity contribution >= 4 is 11.8 Å². The van der Waals surface area contributed by atoms with Crippen LogP contribution in [-0.4, -0.2) is 37.3 Å². The lowest BCUT2D eigenvalue weighted by atomic mass is 9.95. The van der Waals surface area contributed by atoms with Crippen LogP contribution in [0, 0.1) is 5.92 Å². The minimum atomic E-state index is 0.582. The van der Waals surface area contributed by atoms with Crippen molar-refractivity contribution in [3.8, 4) is 0 Å². The highest BCUT2D eigenvalue weighted by atomic mass is 32.2. The van der Waals surface area contributed by atoms with Crippen molar-refractivity contribution in [2.45, 2.75) is 37.8 Å². The molecule has 3 heteroatoms. The quantitative estimate of drug-likeness (QED) is 0.774. The summed E-state index contributed by atoms with van der Waals surface area (Å²) in [5.41, 5.74) is 0. The van der Waals surface area contributed by atoms with Gasteiger partial charge in [0.15, 0.2) is 0 Å². The fourth-order valence-electron chi connectivity index (χ4n) is 2.47. The highest BCUT2D eigenvalue weighted by Gasteiger charge is 2.27. The Morgan fingerprint density at radius 3 is 3.00 bits per heavy atom. The van der Waals surface area contributed by atoms with Crippen molar-refractivity contribution in [2.24, 2.45) is 5.92 Å². The Morgan fingerprint density at radius 2 is 2.29 bits per heavy atom. The van der Waals surface area contributed by atoms with Gasteiger partial charge in [-0.3, -0.25) is 0 Å². The molecule has 2 heterocycles. The molecule has 3 unspecified atom stereocenters. The molecule has 82 valence electrons. The van der Waals surface area contributed by atoms with Crippen LogP contribution in [-0.2, 0) is 4.74 Å². The summed E-state index contributed by atoms with van der Waals surface area (Å²) >= 11 is 2.09. The smallest absolute Gasteiger partial charge is 0.0576 e. The van der Waals surface area contributed by atoms with Crippen LogP contribution in [0.4, 0.5) is 0 Å². The first-order valence-corrected chi connectivity index (χ1v) is 6.92. The second-order valence-electron chi connectivity index (χ2n) is 4.41. The molecular formula is C11H21NOS. The monoisotopic (exact) mass is 215 g/mol. The van der Waals surface area contributed by atoms with E-state index in [1.54, 1.807) is 0 Å². The summed E-state index contributed by atoms with van der Waals surface area (Å²) in [6.07, 6.45) is 5.79. The predicted octanol–water partition coefficient (Wildman–Crippen LogP) is 1.90. The Hall–Kier alpha value is 0.270. The van der Waals surface area contributed by atoms with Gasteiger partial charge in [0, 0.05) is 18.4 Å². The number of ether oxygens (including phenoxy) is 1. The maximum absolute atomic E-state index is 5.65. The van der Waals surface area contributed by atoms with E-state index in [1.807, 2.05) is 0 Å². The first-order chi connectivity index (χ1) is 6.90. The zero-order valence-electron chi connectivity index (χ0n) is 9.00. The van der Waals surface area contributed by atoms with Gasteiger partial charge in [-0.05, 0) is 44.4 Å². The highest BCUT2D eigenvalue weighted by Crippen LogP contribution is 2.29. The maximum Gasteiger partial charge on any atom is 0.0576 e. The van der Waals surface area contributed by atoms with Crippen molar-refractivity contribution in [3.63, 3.8) is 0 Å². The van der Waals surface area contributed by atoms with E-state index in [0.29, 0.717) is 6.10 Å². The van der Waals surface area contributed by atoms with E-state index in [2.05, 4.69) is 24.1 Å². The Bertz CT molecular complexity index is 171. The predicted molar refractivity (Wildman–Crippen MR) is 61.9 cm³/mol. The summed E-state index contributed by atoms with van der Waals surface area (Å²) in [4.78, 5) is 0. The van der Waals surface area contributed by atoms with Crippen LogP contribution >= 0.6 is 11.8 Å². The molecule has 2 rings (SSSR count). The third kappa shape index (κ3) is 2.65. The third-order valence-corrected chi connectivity index (χ3v) is 4.71. The van der Waals surface area contributed by atoms with E-state index in [-0.39, 0.29) is 0 Å². The zero-order valence-corrected chi connectivity index (χ0v) is 9.81. The normalized spacial score (nSPS) is 37.9. The summed E-state index contributed by atoms with van der Waals surface area (Å²) in [5.74, 6) is 3.53. The second-order valence-corrected chi connectivity index (χ2v) is 5.48. The molecule has 2 aliphatic heterocycles. The summed E-state index contributed by atoms with van der Waals surface area (Å²) in [7, 11) is 2.09. The second kappa shape index (κ2) is 5.38. The number of hydrogen-bond donors (Lipinski definition) is 1. The average molecular weight is 215 g/mol. The van der Waals surface area contributed by atoms with Crippen molar-refractivity contribution in [2.75, 3.05) is 25.2 Å². The number of hydrogen-bond acceptors (Lipinski definition) is 3. The van der Waals surface area contributed by atoms with Gasteiger partial charge in [-0.2, -0.15) is 11.8 Å². The van der Waals surface area contributed by atoms with Crippen LogP contribution in [0.2, 0.25) is 0 Å². The molecule has 0 aromatic rings. The molecule has 0 radical (unpaired) electrons. The largest absolute Gasteiger partial charge is 0.378 e. The first-order valence-electron chi connectivity index (χ1n) is 5.76. The van der Waals surface area contributed by atoms with Gasteiger partial charge >= 0.3 is 0 Å². The molecule has 3 atom stereocenters. The highest BCUT2D eigenvalue weighted by molar-refractivity contribution is 7.99. The molecule has 0 saturated carbocycles. The van der Waals surface area contributed by atoms with E-state index in [9.17, 15) is 0 Å². The molecule has 2 aliphatic rings. The van der Waals surface area contributed by atoms with Crippen molar-refractivity contribution in [1.29, 1.82) is 0 Å². The van der Waals surface area contributed by atoms with Crippen molar-refractivity contribution < 1.29 is 4.74 Å².